The Morgan fingerprint density at radius 3 is 1.31 bits per heavy atom. The average molecular weight is 547 g/mol. The van der Waals surface area contributed by atoms with Gasteiger partial charge in [0.1, 0.15) is 19.8 Å². The van der Waals surface area contributed by atoms with Gasteiger partial charge in [0, 0.05) is 0 Å². The van der Waals surface area contributed by atoms with Gasteiger partial charge in [-0.3, -0.25) is 4.57 Å². The maximum Gasteiger partial charge on any atom is 0.335 e. The minimum absolute atomic E-state index is 0.0804. The van der Waals surface area contributed by atoms with Crippen molar-refractivity contribution in [2.75, 3.05) is 13.2 Å². The first kappa shape index (κ1) is 28.4. The first-order valence-electron chi connectivity index (χ1n) is 13.1. The SMILES string of the molecule is CCOP(=O)(Cc1cc(OCc2ccccc2)c(OCc2ccccc2)c(OCc2ccccc2)c1)OCC. The van der Waals surface area contributed by atoms with Crippen molar-refractivity contribution >= 4 is 7.60 Å². The Labute approximate surface area is 231 Å². The Morgan fingerprint density at radius 2 is 0.923 bits per heavy atom. The van der Waals surface area contributed by atoms with Gasteiger partial charge in [0.2, 0.25) is 5.75 Å². The molecule has 0 unspecified atom stereocenters. The van der Waals surface area contributed by atoms with Crippen LogP contribution in [0, 0.1) is 0 Å². The van der Waals surface area contributed by atoms with Crippen LogP contribution < -0.4 is 14.2 Å². The van der Waals surface area contributed by atoms with Crippen LogP contribution >= 0.6 is 7.60 Å². The molecule has 0 aliphatic carbocycles. The van der Waals surface area contributed by atoms with Gasteiger partial charge in [0.05, 0.1) is 19.4 Å². The summed E-state index contributed by atoms with van der Waals surface area (Å²) in [5.41, 5.74) is 3.75. The molecule has 0 amide bonds. The van der Waals surface area contributed by atoms with Crippen LogP contribution in [0.4, 0.5) is 0 Å². The van der Waals surface area contributed by atoms with Crippen molar-refractivity contribution in [2.45, 2.75) is 39.8 Å². The lowest BCUT2D eigenvalue weighted by Crippen LogP contribution is -2.06. The van der Waals surface area contributed by atoms with Crippen LogP contribution in [-0.2, 0) is 39.6 Å². The summed E-state index contributed by atoms with van der Waals surface area (Å²) < 4.78 is 43.5. The Bertz CT molecular complexity index is 1250. The highest BCUT2D eigenvalue weighted by Gasteiger charge is 2.26. The van der Waals surface area contributed by atoms with Crippen molar-refractivity contribution in [2.24, 2.45) is 0 Å². The molecule has 0 spiro atoms. The lowest BCUT2D eigenvalue weighted by Gasteiger charge is -2.21. The van der Waals surface area contributed by atoms with Crippen molar-refractivity contribution in [3.05, 3.63) is 125 Å². The standard InChI is InChI=1S/C32H35O6P/c1-3-37-39(33,38-4-2)25-29-20-30(34-22-26-14-8-5-9-15-26)32(36-24-28-18-12-7-13-19-28)31(21-29)35-23-27-16-10-6-11-17-27/h5-21H,3-4,22-25H2,1-2H3. The van der Waals surface area contributed by atoms with Crippen LogP contribution in [0.25, 0.3) is 0 Å². The Hall–Kier alpha value is -3.57. The molecule has 0 saturated carbocycles. The van der Waals surface area contributed by atoms with Gasteiger partial charge >= 0.3 is 7.60 Å². The van der Waals surface area contributed by atoms with E-state index in [1.165, 1.54) is 0 Å². The van der Waals surface area contributed by atoms with E-state index < -0.39 is 7.60 Å². The zero-order chi connectivity index (χ0) is 27.3. The van der Waals surface area contributed by atoms with Crippen molar-refractivity contribution in [3.8, 4) is 17.2 Å². The van der Waals surface area contributed by atoms with Crippen molar-refractivity contribution in [1.29, 1.82) is 0 Å². The van der Waals surface area contributed by atoms with Gasteiger partial charge in [-0.15, -0.1) is 0 Å². The third-order valence-electron chi connectivity index (χ3n) is 5.81. The van der Waals surface area contributed by atoms with E-state index in [2.05, 4.69) is 0 Å². The predicted octanol–water partition coefficient (Wildman–Crippen LogP) is 8.19. The second kappa shape index (κ2) is 14.5. The minimum atomic E-state index is -3.37. The van der Waals surface area contributed by atoms with Crippen LogP contribution in [0.3, 0.4) is 0 Å². The largest absolute Gasteiger partial charge is 0.485 e. The second-order valence-corrected chi connectivity index (χ2v) is 10.9. The summed E-state index contributed by atoms with van der Waals surface area (Å²) in [4.78, 5) is 0. The van der Waals surface area contributed by atoms with Crippen LogP contribution in [0.5, 0.6) is 17.2 Å². The number of rotatable bonds is 15. The lowest BCUT2D eigenvalue weighted by molar-refractivity contribution is 0.218. The molecular weight excluding hydrogens is 511 g/mol. The highest BCUT2D eigenvalue weighted by atomic mass is 31.2. The van der Waals surface area contributed by atoms with E-state index in [4.69, 9.17) is 23.3 Å². The molecule has 4 rings (SSSR count). The molecule has 0 saturated heterocycles. The van der Waals surface area contributed by atoms with E-state index in [0.717, 1.165) is 16.7 Å². The molecule has 0 heterocycles. The van der Waals surface area contributed by atoms with Crippen LogP contribution in [0.2, 0.25) is 0 Å². The Kier molecular flexibility index (Phi) is 10.6. The van der Waals surface area contributed by atoms with E-state index in [-0.39, 0.29) is 19.4 Å². The number of ether oxygens (including phenoxy) is 3. The van der Waals surface area contributed by atoms with E-state index in [1.807, 2.05) is 103 Å². The molecular formula is C32H35O6P. The second-order valence-electron chi connectivity index (χ2n) is 8.85. The monoisotopic (exact) mass is 546 g/mol. The smallest absolute Gasteiger partial charge is 0.335 e. The molecule has 0 aliphatic heterocycles. The summed E-state index contributed by atoms with van der Waals surface area (Å²) >= 11 is 0. The molecule has 0 aliphatic rings. The van der Waals surface area contributed by atoms with Crippen molar-refractivity contribution in [3.63, 3.8) is 0 Å². The quantitative estimate of drug-likeness (QED) is 0.140. The molecule has 4 aromatic rings. The van der Waals surface area contributed by atoms with Gasteiger partial charge in [0.25, 0.3) is 0 Å². The third kappa shape index (κ3) is 8.72. The fourth-order valence-electron chi connectivity index (χ4n) is 4.02. The summed E-state index contributed by atoms with van der Waals surface area (Å²) in [6.07, 6.45) is 0.0804. The molecule has 0 atom stereocenters. The van der Waals surface area contributed by atoms with Gasteiger partial charge in [-0.05, 0) is 48.2 Å². The van der Waals surface area contributed by atoms with Gasteiger partial charge in [-0.2, -0.15) is 0 Å². The number of benzene rings is 4. The van der Waals surface area contributed by atoms with Crippen LogP contribution in [0.1, 0.15) is 36.1 Å². The summed E-state index contributed by atoms with van der Waals surface area (Å²) in [5.74, 6) is 1.47. The predicted molar refractivity (Wildman–Crippen MR) is 153 cm³/mol. The lowest BCUT2D eigenvalue weighted by atomic mass is 10.2. The first-order chi connectivity index (χ1) is 19.1. The zero-order valence-electron chi connectivity index (χ0n) is 22.5. The molecule has 6 nitrogen and oxygen atoms in total. The molecule has 0 aromatic heterocycles. The van der Waals surface area contributed by atoms with E-state index in [1.54, 1.807) is 13.8 Å². The van der Waals surface area contributed by atoms with Crippen LogP contribution in [-0.4, -0.2) is 13.2 Å². The van der Waals surface area contributed by atoms with E-state index in [0.29, 0.717) is 42.6 Å². The molecule has 39 heavy (non-hydrogen) atoms. The molecule has 4 aromatic carbocycles. The summed E-state index contributed by atoms with van der Waals surface area (Å²) in [7, 11) is -3.37. The van der Waals surface area contributed by atoms with Gasteiger partial charge < -0.3 is 23.3 Å². The van der Waals surface area contributed by atoms with Gasteiger partial charge in [-0.25, -0.2) is 0 Å². The summed E-state index contributed by atoms with van der Waals surface area (Å²) in [5, 5.41) is 0. The van der Waals surface area contributed by atoms with Crippen LogP contribution in [0.15, 0.2) is 103 Å². The van der Waals surface area contributed by atoms with Gasteiger partial charge in [0.15, 0.2) is 11.5 Å². The molecule has 204 valence electrons. The maximum atomic E-state index is 13.4. The Morgan fingerprint density at radius 1 is 0.538 bits per heavy atom. The molecule has 0 fully saturated rings. The first-order valence-corrected chi connectivity index (χ1v) is 14.9. The minimum Gasteiger partial charge on any atom is -0.485 e. The third-order valence-corrected chi connectivity index (χ3v) is 7.86. The highest BCUT2D eigenvalue weighted by molar-refractivity contribution is 7.53. The topological polar surface area (TPSA) is 63.2 Å². The van der Waals surface area contributed by atoms with Crippen molar-refractivity contribution in [1.82, 2.24) is 0 Å². The fraction of sp³-hybridized carbons (Fsp3) is 0.250. The number of hydrogen-bond donors (Lipinski definition) is 0. The molecule has 0 bridgehead atoms. The average Bonchev–Trinajstić information content (AvgIpc) is 2.96. The number of hydrogen-bond acceptors (Lipinski definition) is 6. The molecule has 0 N–H and O–H groups in total. The van der Waals surface area contributed by atoms with Crippen molar-refractivity contribution < 1.29 is 27.8 Å². The van der Waals surface area contributed by atoms with E-state index in [9.17, 15) is 4.57 Å². The highest BCUT2D eigenvalue weighted by Crippen LogP contribution is 2.53. The van der Waals surface area contributed by atoms with Gasteiger partial charge in [-0.1, -0.05) is 91.0 Å². The maximum absolute atomic E-state index is 13.4. The van der Waals surface area contributed by atoms with E-state index >= 15 is 0 Å². The summed E-state index contributed by atoms with van der Waals surface area (Å²) in [6.45, 7) is 5.16. The zero-order valence-corrected chi connectivity index (χ0v) is 23.3. The Balaban J connectivity index is 1.71. The summed E-state index contributed by atoms with van der Waals surface area (Å²) in [6, 6.07) is 33.4. The molecule has 0 radical (unpaired) electrons. The molecule has 7 heteroatoms. The fourth-order valence-corrected chi connectivity index (χ4v) is 5.70. The normalized spacial score (nSPS) is 11.2.